The van der Waals surface area contributed by atoms with Crippen molar-refractivity contribution in [3.63, 3.8) is 0 Å². The number of nitrogens with zero attached hydrogens (tertiary/aromatic N) is 4. The molecule has 1 saturated heterocycles. The quantitative estimate of drug-likeness (QED) is 0.736. The molecule has 6 nitrogen and oxygen atoms in total. The van der Waals surface area contributed by atoms with Gasteiger partial charge in [0.25, 0.3) is 5.56 Å². The summed E-state index contributed by atoms with van der Waals surface area (Å²) in [5, 5.41) is 0. The van der Waals surface area contributed by atoms with Gasteiger partial charge in [0.05, 0.1) is 5.52 Å². The highest BCUT2D eigenvalue weighted by Gasteiger charge is 2.15. The summed E-state index contributed by atoms with van der Waals surface area (Å²) in [5.41, 5.74) is 2.12. The third-order valence-corrected chi connectivity index (χ3v) is 4.36. The number of hydrogen-bond acceptors (Lipinski definition) is 4. The maximum absolute atomic E-state index is 12.0. The lowest BCUT2D eigenvalue weighted by Gasteiger charge is -2.21. The molecule has 0 aliphatic carbocycles. The Labute approximate surface area is 128 Å². The smallest absolute Gasteiger partial charge is 0.272 e. The van der Waals surface area contributed by atoms with Gasteiger partial charge < -0.3 is 14.8 Å². The zero-order chi connectivity index (χ0) is 15.1. The van der Waals surface area contributed by atoms with Gasteiger partial charge in [0.1, 0.15) is 11.3 Å². The molecule has 0 amide bonds. The number of rotatable bonds is 1. The van der Waals surface area contributed by atoms with E-state index in [0.29, 0.717) is 5.52 Å². The Morgan fingerprint density at radius 3 is 2.95 bits per heavy atom. The molecule has 6 heteroatoms. The third kappa shape index (κ3) is 2.16. The molecule has 1 fully saturated rings. The summed E-state index contributed by atoms with van der Waals surface area (Å²) in [6, 6.07) is 7.64. The molecule has 3 aromatic rings. The molecule has 0 saturated carbocycles. The first kappa shape index (κ1) is 13.3. The lowest BCUT2D eigenvalue weighted by Crippen LogP contribution is -2.29. The van der Waals surface area contributed by atoms with E-state index >= 15 is 0 Å². The van der Waals surface area contributed by atoms with Crippen LogP contribution in [0.5, 0.6) is 0 Å². The van der Waals surface area contributed by atoms with Gasteiger partial charge in [-0.1, -0.05) is 0 Å². The van der Waals surface area contributed by atoms with Crippen LogP contribution >= 0.6 is 0 Å². The van der Waals surface area contributed by atoms with Crippen LogP contribution in [0.3, 0.4) is 0 Å². The van der Waals surface area contributed by atoms with Crippen molar-refractivity contribution in [2.45, 2.75) is 6.42 Å². The van der Waals surface area contributed by atoms with Crippen molar-refractivity contribution >= 4 is 22.5 Å². The molecule has 0 bridgehead atoms. The van der Waals surface area contributed by atoms with Gasteiger partial charge in [0.15, 0.2) is 5.65 Å². The van der Waals surface area contributed by atoms with Crippen LogP contribution in [-0.2, 0) is 0 Å². The van der Waals surface area contributed by atoms with Crippen molar-refractivity contribution in [2.24, 2.45) is 0 Å². The second-order valence-corrected chi connectivity index (χ2v) is 5.90. The molecule has 4 rings (SSSR count). The van der Waals surface area contributed by atoms with E-state index in [1.807, 2.05) is 34.9 Å². The summed E-state index contributed by atoms with van der Waals surface area (Å²) in [6.07, 6.45) is 3.03. The van der Waals surface area contributed by atoms with Crippen molar-refractivity contribution in [3.05, 3.63) is 40.8 Å². The van der Waals surface area contributed by atoms with E-state index in [1.165, 1.54) is 0 Å². The van der Waals surface area contributed by atoms with E-state index in [1.54, 1.807) is 0 Å². The van der Waals surface area contributed by atoms with Gasteiger partial charge in [-0.3, -0.25) is 9.20 Å². The Morgan fingerprint density at radius 2 is 2.05 bits per heavy atom. The Morgan fingerprint density at radius 1 is 1.14 bits per heavy atom. The molecular formula is C16H19N5O. The summed E-state index contributed by atoms with van der Waals surface area (Å²) < 4.78 is 1.86. The van der Waals surface area contributed by atoms with E-state index < -0.39 is 0 Å². The molecule has 0 atom stereocenters. The molecule has 114 valence electrons. The van der Waals surface area contributed by atoms with Crippen LogP contribution in [0.4, 0.5) is 5.82 Å². The van der Waals surface area contributed by atoms with Crippen molar-refractivity contribution < 1.29 is 0 Å². The molecule has 1 aliphatic rings. The maximum Gasteiger partial charge on any atom is 0.272 e. The van der Waals surface area contributed by atoms with E-state index in [2.05, 4.69) is 21.8 Å². The van der Waals surface area contributed by atoms with Gasteiger partial charge >= 0.3 is 0 Å². The minimum absolute atomic E-state index is 0.0801. The van der Waals surface area contributed by atoms with Gasteiger partial charge in [0, 0.05) is 25.8 Å². The summed E-state index contributed by atoms with van der Waals surface area (Å²) >= 11 is 0. The SMILES string of the molecule is CN1CCCN(c2ccc3[nH]c(=O)c4cccn4c3n2)CC1. The fourth-order valence-electron chi connectivity index (χ4n) is 3.11. The molecule has 1 N–H and O–H groups in total. The Balaban J connectivity index is 1.83. The van der Waals surface area contributed by atoms with Crippen molar-refractivity contribution in [1.29, 1.82) is 0 Å². The van der Waals surface area contributed by atoms with Crippen LogP contribution in [-0.4, -0.2) is 52.5 Å². The van der Waals surface area contributed by atoms with Crippen molar-refractivity contribution in [3.8, 4) is 0 Å². The van der Waals surface area contributed by atoms with Crippen LogP contribution in [0, 0.1) is 0 Å². The second-order valence-electron chi connectivity index (χ2n) is 5.90. The summed E-state index contributed by atoms with van der Waals surface area (Å²) in [7, 11) is 2.16. The van der Waals surface area contributed by atoms with Gasteiger partial charge in [-0.15, -0.1) is 0 Å². The zero-order valence-electron chi connectivity index (χ0n) is 12.6. The van der Waals surface area contributed by atoms with E-state index in [4.69, 9.17) is 4.98 Å². The normalized spacial score (nSPS) is 17.2. The Hall–Kier alpha value is -2.34. The van der Waals surface area contributed by atoms with Crippen LogP contribution < -0.4 is 10.5 Å². The summed E-state index contributed by atoms with van der Waals surface area (Å²) in [5.74, 6) is 0.977. The fourth-order valence-corrected chi connectivity index (χ4v) is 3.11. The highest BCUT2D eigenvalue weighted by Crippen LogP contribution is 2.18. The largest absolute Gasteiger partial charge is 0.355 e. The first-order valence-electron chi connectivity index (χ1n) is 7.66. The minimum atomic E-state index is -0.0801. The van der Waals surface area contributed by atoms with Crippen LogP contribution in [0.25, 0.3) is 16.7 Å². The number of fused-ring (bicyclic) bond motifs is 3. The highest BCUT2D eigenvalue weighted by atomic mass is 16.1. The number of anilines is 1. The molecule has 0 spiro atoms. The van der Waals surface area contributed by atoms with Gasteiger partial charge in [0.2, 0.25) is 0 Å². The Kier molecular flexibility index (Phi) is 3.11. The zero-order valence-corrected chi connectivity index (χ0v) is 12.6. The first-order valence-corrected chi connectivity index (χ1v) is 7.66. The van der Waals surface area contributed by atoms with E-state index in [0.717, 1.165) is 49.6 Å². The summed E-state index contributed by atoms with van der Waals surface area (Å²) in [4.78, 5) is 24.4. The lowest BCUT2D eigenvalue weighted by molar-refractivity contribution is 0.360. The number of aromatic amines is 1. The average molecular weight is 297 g/mol. The number of pyridine rings is 1. The molecule has 22 heavy (non-hydrogen) atoms. The molecular weight excluding hydrogens is 278 g/mol. The predicted molar refractivity (Wildman–Crippen MR) is 87.6 cm³/mol. The number of hydrogen-bond donors (Lipinski definition) is 1. The standard InChI is InChI=1S/C16H19N5O/c1-19-7-3-8-20(11-10-19)14-6-5-12-15(18-14)21-9-2-4-13(21)16(22)17-12/h2,4-6,9H,3,7-8,10-11H2,1H3,(H,17,22). The average Bonchev–Trinajstić information content (AvgIpc) is 2.92. The van der Waals surface area contributed by atoms with E-state index in [9.17, 15) is 4.79 Å². The lowest BCUT2D eigenvalue weighted by atomic mass is 10.3. The number of H-pyrrole nitrogens is 1. The van der Waals surface area contributed by atoms with Crippen molar-refractivity contribution in [1.82, 2.24) is 19.3 Å². The predicted octanol–water partition coefficient (Wildman–Crippen LogP) is 1.32. The first-order chi connectivity index (χ1) is 10.7. The summed E-state index contributed by atoms with van der Waals surface area (Å²) in [6.45, 7) is 4.16. The number of likely N-dealkylation sites (N-methyl/N-ethyl adjacent to an activating group) is 1. The number of aromatic nitrogens is 3. The topological polar surface area (TPSA) is 56.6 Å². The van der Waals surface area contributed by atoms with Crippen molar-refractivity contribution in [2.75, 3.05) is 38.1 Å². The molecule has 0 radical (unpaired) electrons. The van der Waals surface area contributed by atoms with E-state index in [-0.39, 0.29) is 5.56 Å². The molecule has 1 aliphatic heterocycles. The van der Waals surface area contributed by atoms with Gasteiger partial charge in [-0.2, -0.15) is 0 Å². The van der Waals surface area contributed by atoms with Crippen LogP contribution in [0.15, 0.2) is 35.3 Å². The monoisotopic (exact) mass is 297 g/mol. The number of nitrogens with one attached hydrogen (secondary N) is 1. The highest BCUT2D eigenvalue weighted by molar-refractivity contribution is 5.76. The molecule has 3 aromatic heterocycles. The molecule has 0 unspecified atom stereocenters. The van der Waals surface area contributed by atoms with Gasteiger partial charge in [-0.25, -0.2) is 4.98 Å². The maximum atomic E-state index is 12.0. The van der Waals surface area contributed by atoms with Gasteiger partial charge in [-0.05, 0) is 44.3 Å². The molecule has 0 aromatic carbocycles. The molecule has 4 heterocycles. The Bertz CT molecular complexity index is 881. The fraction of sp³-hybridized carbons (Fsp3) is 0.375. The minimum Gasteiger partial charge on any atom is -0.355 e. The van der Waals surface area contributed by atoms with Crippen LogP contribution in [0.1, 0.15) is 6.42 Å². The second kappa shape index (κ2) is 5.14. The van der Waals surface area contributed by atoms with Crippen LogP contribution in [0.2, 0.25) is 0 Å². The third-order valence-electron chi connectivity index (χ3n) is 4.36.